The Hall–Kier alpha value is -1.56. The second-order valence-electron chi connectivity index (χ2n) is 8.43. The van der Waals surface area contributed by atoms with Crippen LogP contribution in [0.3, 0.4) is 0 Å². The Labute approximate surface area is 150 Å². The number of carbonyl (C=O) groups excluding carboxylic acids is 1. The molecule has 3 fully saturated rings. The van der Waals surface area contributed by atoms with E-state index in [-0.39, 0.29) is 28.4 Å². The first-order valence-electron chi connectivity index (χ1n) is 9.17. The highest BCUT2D eigenvalue weighted by atomic mass is 32.2. The standard InChI is InChI=1S/C19H26N2O3S/c1-15-6-8-16(9-7-15)25(23,24)21-13-18(2)12-19(10-4-3-5-11-19)14-20(18)17(21)22/h6-9H,3-5,10-14H2,1-2H3. The van der Waals surface area contributed by atoms with Crippen molar-refractivity contribution in [2.45, 2.75) is 62.8 Å². The van der Waals surface area contributed by atoms with E-state index in [4.69, 9.17) is 0 Å². The van der Waals surface area contributed by atoms with Crippen LogP contribution < -0.4 is 0 Å². The number of fused-ring (bicyclic) bond motifs is 1. The summed E-state index contributed by atoms with van der Waals surface area (Å²) in [5.74, 6) is 0. The predicted molar refractivity (Wildman–Crippen MR) is 95.7 cm³/mol. The fourth-order valence-corrected chi connectivity index (χ4v) is 6.59. The summed E-state index contributed by atoms with van der Waals surface area (Å²) in [6.45, 7) is 4.95. The molecule has 0 aromatic heterocycles. The molecular weight excluding hydrogens is 336 g/mol. The third-order valence-corrected chi connectivity index (χ3v) is 8.09. The second-order valence-corrected chi connectivity index (χ2v) is 10.3. The molecule has 0 N–H and O–H groups in total. The quantitative estimate of drug-likeness (QED) is 0.809. The lowest BCUT2D eigenvalue weighted by Crippen LogP contribution is -2.39. The van der Waals surface area contributed by atoms with E-state index in [0.29, 0.717) is 6.54 Å². The van der Waals surface area contributed by atoms with Gasteiger partial charge in [0.25, 0.3) is 10.0 Å². The van der Waals surface area contributed by atoms with Gasteiger partial charge in [0.1, 0.15) is 0 Å². The molecule has 0 radical (unpaired) electrons. The van der Waals surface area contributed by atoms with Gasteiger partial charge in [0, 0.05) is 6.54 Å². The van der Waals surface area contributed by atoms with Crippen LogP contribution in [0.5, 0.6) is 0 Å². The Bertz CT molecular complexity index is 796. The number of amides is 2. The molecule has 4 rings (SSSR count). The normalized spacial score (nSPS) is 28.6. The number of hydrogen-bond donors (Lipinski definition) is 0. The van der Waals surface area contributed by atoms with Crippen molar-refractivity contribution >= 4 is 16.1 Å². The van der Waals surface area contributed by atoms with Gasteiger partial charge < -0.3 is 4.90 Å². The van der Waals surface area contributed by atoms with Crippen LogP contribution in [-0.2, 0) is 10.0 Å². The molecule has 25 heavy (non-hydrogen) atoms. The van der Waals surface area contributed by atoms with E-state index < -0.39 is 10.0 Å². The van der Waals surface area contributed by atoms with Crippen molar-refractivity contribution in [2.24, 2.45) is 5.41 Å². The smallest absolute Gasteiger partial charge is 0.316 e. The van der Waals surface area contributed by atoms with Crippen molar-refractivity contribution in [3.63, 3.8) is 0 Å². The maximum absolute atomic E-state index is 13.0. The number of rotatable bonds is 2. The van der Waals surface area contributed by atoms with Crippen LogP contribution >= 0.6 is 0 Å². The fourth-order valence-electron chi connectivity index (χ4n) is 5.10. The Morgan fingerprint density at radius 1 is 1.00 bits per heavy atom. The first-order valence-corrected chi connectivity index (χ1v) is 10.6. The van der Waals surface area contributed by atoms with Gasteiger partial charge in [-0.25, -0.2) is 17.5 Å². The summed E-state index contributed by atoms with van der Waals surface area (Å²) in [5, 5.41) is 0. The number of benzene rings is 1. The molecule has 1 atom stereocenters. The second kappa shape index (κ2) is 5.47. The minimum atomic E-state index is -3.78. The summed E-state index contributed by atoms with van der Waals surface area (Å²) in [4.78, 5) is 15.0. The van der Waals surface area contributed by atoms with Crippen LogP contribution in [0.4, 0.5) is 4.79 Å². The van der Waals surface area contributed by atoms with Crippen LogP contribution in [0, 0.1) is 12.3 Å². The molecule has 1 spiro atoms. The minimum absolute atomic E-state index is 0.198. The Morgan fingerprint density at radius 3 is 2.24 bits per heavy atom. The Morgan fingerprint density at radius 2 is 1.64 bits per heavy atom. The van der Waals surface area contributed by atoms with E-state index in [1.807, 2.05) is 11.8 Å². The summed E-state index contributed by atoms with van der Waals surface area (Å²) in [6, 6.07) is 6.38. The SMILES string of the molecule is Cc1ccc(S(=O)(=O)N2CC3(C)CC4(CCCCC4)CN3C2=O)cc1. The molecule has 5 nitrogen and oxygen atoms in total. The molecule has 2 heterocycles. The zero-order chi connectivity index (χ0) is 17.9. The first-order chi connectivity index (χ1) is 11.8. The third-order valence-electron chi connectivity index (χ3n) is 6.35. The minimum Gasteiger partial charge on any atom is -0.316 e. The number of carbonyl (C=O) groups is 1. The van der Waals surface area contributed by atoms with Crippen LogP contribution in [0.2, 0.25) is 0 Å². The summed E-state index contributed by atoms with van der Waals surface area (Å²) >= 11 is 0. The van der Waals surface area contributed by atoms with Gasteiger partial charge >= 0.3 is 6.03 Å². The molecule has 136 valence electrons. The van der Waals surface area contributed by atoms with E-state index in [0.717, 1.165) is 29.1 Å². The van der Waals surface area contributed by atoms with Crippen LogP contribution in [-0.4, -0.2) is 42.3 Å². The molecule has 1 saturated carbocycles. The third kappa shape index (κ3) is 2.57. The van der Waals surface area contributed by atoms with Crippen molar-refractivity contribution < 1.29 is 13.2 Å². The molecule has 1 unspecified atom stereocenters. The van der Waals surface area contributed by atoms with Crippen molar-refractivity contribution in [2.75, 3.05) is 13.1 Å². The average Bonchev–Trinajstić information content (AvgIpc) is 2.98. The number of sulfonamides is 1. The van der Waals surface area contributed by atoms with Crippen molar-refractivity contribution in [1.82, 2.24) is 9.21 Å². The maximum atomic E-state index is 13.0. The molecule has 1 aromatic carbocycles. The average molecular weight is 362 g/mol. The van der Waals surface area contributed by atoms with E-state index in [1.165, 1.54) is 19.3 Å². The number of aryl methyl sites for hydroxylation is 1. The fraction of sp³-hybridized carbons (Fsp3) is 0.632. The zero-order valence-electron chi connectivity index (χ0n) is 15.0. The number of urea groups is 1. The topological polar surface area (TPSA) is 57.7 Å². The van der Waals surface area contributed by atoms with Crippen molar-refractivity contribution in [1.29, 1.82) is 0 Å². The van der Waals surface area contributed by atoms with E-state index in [2.05, 4.69) is 6.92 Å². The highest BCUT2D eigenvalue weighted by Gasteiger charge is 2.60. The predicted octanol–water partition coefficient (Wildman–Crippen LogP) is 3.53. The Kier molecular flexibility index (Phi) is 3.69. The number of nitrogens with zero attached hydrogens (tertiary/aromatic N) is 2. The van der Waals surface area contributed by atoms with Gasteiger partial charge in [0.05, 0.1) is 17.0 Å². The highest BCUT2D eigenvalue weighted by molar-refractivity contribution is 7.89. The van der Waals surface area contributed by atoms with E-state index >= 15 is 0 Å². The van der Waals surface area contributed by atoms with Gasteiger partial charge in [-0.15, -0.1) is 0 Å². The largest absolute Gasteiger partial charge is 0.334 e. The zero-order valence-corrected chi connectivity index (χ0v) is 15.8. The Balaban J connectivity index is 1.62. The lowest BCUT2D eigenvalue weighted by atomic mass is 9.71. The van der Waals surface area contributed by atoms with E-state index in [9.17, 15) is 13.2 Å². The van der Waals surface area contributed by atoms with Crippen LogP contribution in [0.25, 0.3) is 0 Å². The van der Waals surface area contributed by atoms with Crippen LogP contribution in [0.1, 0.15) is 51.0 Å². The van der Waals surface area contributed by atoms with Gasteiger partial charge in [-0.1, -0.05) is 37.0 Å². The molecule has 2 amide bonds. The molecule has 2 saturated heterocycles. The summed E-state index contributed by atoms with van der Waals surface area (Å²) in [7, 11) is -3.78. The van der Waals surface area contributed by atoms with Crippen LogP contribution in [0.15, 0.2) is 29.2 Å². The summed E-state index contributed by atoms with van der Waals surface area (Å²) in [5.41, 5.74) is 0.840. The van der Waals surface area contributed by atoms with Crippen molar-refractivity contribution in [3.05, 3.63) is 29.8 Å². The lowest BCUT2D eigenvalue weighted by molar-refractivity contribution is 0.173. The maximum Gasteiger partial charge on any atom is 0.334 e. The van der Waals surface area contributed by atoms with E-state index in [1.54, 1.807) is 24.3 Å². The van der Waals surface area contributed by atoms with Gasteiger partial charge in [-0.2, -0.15) is 0 Å². The summed E-state index contributed by atoms with van der Waals surface area (Å²) in [6.07, 6.45) is 6.98. The molecule has 6 heteroatoms. The van der Waals surface area contributed by atoms with Gasteiger partial charge in [-0.3, -0.25) is 0 Å². The number of hydrogen-bond acceptors (Lipinski definition) is 3. The molecule has 2 aliphatic heterocycles. The molecule has 1 aromatic rings. The molecule has 1 aliphatic carbocycles. The highest BCUT2D eigenvalue weighted by Crippen LogP contribution is 2.53. The monoisotopic (exact) mass is 362 g/mol. The van der Waals surface area contributed by atoms with Gasteiger partial charge in [0.15, 0.2) is 0 Å². The molecule has 0 bridgehead atoms. The lowest BCUT2D eigenvalue weighted by Gasteiger charge is -2.34. The molecule has 3 aliphatic rings. The van der Waals surface area contributed by atoms with Crippen molar-refractivity contribution in [3.8, 4) is 0 Å². The summed E-state index contributed by atoms with van der Waals surface area (Å²) < 4.78 is 27.0. The first kappa shape index (κ1) is 16.9. The van der Waals surface area contributed by atoms with Gasteiger partial charge in [0.2, 0.25) is 0 Å². The molecular formula is C19H26N2O3S. The van der Waals surface area contributed by atoms with Gasteiger partial charge in [-0.05, 0) is 50.7 Å².